The Balaban J connectivity index is 2.29. The van der Waals surface area contributed by atoms with Crippen LogP contribution in [0.3, 0.4) is 0 Å². The first-order valence-corrected chi connectivity index (χ1v) is 12.6. The van der Waals surface area contributed by atoms with Crippen LogP contribution >= 0.6 is 0 Å². The summed E-state index contributed by atoms with van der Waals surface area (Å²) in [6.45, 7) is 11.2. The Morgan fingerprint density at radius 3 is 1.87 bits per heavy atom. The molecule has 2 atom stereocenters. The van der Waals surface area contributed by atoms with Crippen LogP contribution < -0.4 is 10.4 Å². The number of aliphatic hydroxyl groups is 1. The van der Waals surface area contributed by atoms with Gasteiger partial charge in [-0.05, 0) is 27.8 Å². The molecule has 2 rings (SSSR count). The largest absolute Gasteiger partial charge is 0.465 e. The van der Waals surface area contributed by atoms with Gasteiger partial charge in [-0.3, -0.25) is 4.79 Å². The second-order valence-corrected chi connectivity index (χ2v) is 13.5. The van der Waals surface area contributed by atoms with Crippen molar-refractivity contribution in [2.45, 2.75) is 46.1 Å². The van der Waals surface area contributed by atoms with E-state index in [0.29, 0.717) is 6.61 Å². The summed E-state index contributed by atoms with van der Waals surface area (Å²) in [7, 11) is -2.56. The molecule has 2 aromatic carbocycles. The molecular formula is C25H36O4Si. The van der Waals surface area contributed by atoms with Gasteiger partial charge in [0.2, 0.25) is 0 Å². The van der Waals surface area contributed by atoms with Crippen LogP contribution in [0.25, 0.3) is 0 Å². The molecule has 0 aliphatic rings. The van der Waals surface area contributed by atoms with Crippen LogP contribution in [-0.2, 0) is 14.0 Å². The van der Waals surface area contributed by atoms with Crippen molar-refractivity contribution in [1.82, 2.24) is 0 Å². The standard InChI is InChI=1S/C25H36O4Si/c1-20(16-22(17-26)19-28-21(2)27)18-29-30(25(3,4)5,23-12-8-6-9-13-23)24-14-10-7-11-15-24/h6-15,20,22,26H,16-19H2,1-5H3/t20-,22-/m1/s1. The van der Waals surface area contributed by atoms with Crippen LogP contribution in [0.5, 0.6) is 0 Å². The van der Waals surface area contributed by atoms with Gasteiger partial charge in [0.1, 0.15) is 0 Å². The Kier molecular flexibility index (Phi) is 8.83. The molecule has 0 saturated carbocycles. The number of ether oxygens (including phenoxy) is 1. The molecule has 0 aliphatic heterocycles. The van der Waals surface area contributed by atoms with Crippen LogP contribution in [0, 0.1) is 11.8 Å². The van der Waals surface area contributed by atoms with E-state index < -0.39 is 8.32 Å². The fourth-order valence-corrected chi connectivity index (χ4v) is 8.79. The van der Waals surface area contributed by atoms with Gasteiger partial charge in [0.25, 0.3) is 8.32 Å². The molecule has 0 saturated heterocycles. The molecule has 0 heterocycles. The van der Waals surface area contributed by atoms with E-state index >= 15 is 0 Å². The van der Waals surface area contributed by atoms with Gasteiger partial charge >= 0.3 is 5.97 Å². The van der Waals surface area contributed by atoms with Gasteiger partial charge in [0.05, 0.1) is 6.61 Å². The molecule has 0 fully saturated rings. The number of hydrogen-bond acceptors (Lipinski definition) is 4. The zero-order chi connectivity index (χ0) is 22.2. The molecule has 0 spiro atoms. The molecule has 164 valence electrons. The van der Waals surface area contributed by atoms with Crippen molar-refractivity contribution < 1.29 is 19.1 Å². The lowest BCUT2D eigenvalue weighted by molar-refractivity contribution is -0.142. The van der Waals surface area contributed by atoms with Gasteiger partial charge in [-0.2, -0.15) is 0 Å². The summed E-state index contributed by atoms with van der Waals surface area (Å²) in [6.07, 6.45) is 0.738. The molecular weight excluding hydrogens is 392 g/mol. The van der Waals surface area contributed by atoms with E-state index in [0.717, 1.165) is 6.42 Å². The summed E-state index contributed by atoms with van der Waals surface area (Å²) >= 11 is 0. The highest BCUT2D eigenvalue weighted by atomic mass is 28.4. The Morgan fingerprint density at radius 1 is 0.967 bits per heavy atom. The van der Waals surface area contributed by atoms with E-state index in [2.05, 4.69) is 76.2 Å². The van der Waals surface area contributed by atoms with Gasteiger partial charge in [-0.1, -0.05) is 88.4 Å². The van der Waals surface area contributed by atoms with Crippen LogP contribution in [-0.4, -0.2) is 39.2 Å². The van der Waals surface area contributed by atoms with Gasteiger partial charge in [-0.25, -0.2) is 0 Å². The average molecular weight is 429 g/mol. The maximum Gasteiger partial charge on any atom is 0.302 e. The molecule has 0 aromatic heterocycles. The lowest BCUT2D eigenvalue weighted by Gasteiger charge is -2.43. The zero-order valence-corrected chi connectivity index (χ0v) is 19.9. The van der Waals surface area contributed by atoms with E-state index in [1.165, 1.54) is 17.3 Å². The first kappa shape index (κ1) is 24.3. The van der Waals surface area contributed by atoms with Crippen molar-refractivity contribution in [2.24, 2.45) is 11.8 Å². The van der Waals surface area contributed by atoms with Crippen molar-refractivity contribution in [1.29, 1.82) is 0 Å². The molecule has 0 amide bonds. The molecule has 2 aromatic rings. The van der Waals surface area contributed by atoms with Gasteiger partial charge in [-0.15, -0.1) is 0 Å². The first-order chi connectivity index (χ1) is 14.2. The molecule has 30 heavy (non-hydrogen) atoms. The van der Waals surface area contributed by atoms with Gasteiger partial charge in [0, 0.05) is 26.1 Å². The third-order valence-corrected chi connectivity index (χ3v) is 10.5. The van der Waals surface area contributed by atoms with E-state index in [1.807, 2.05) is 12.1 Å². The minimum atomic E-state index is -2.56. The summed E-state index contributed by atoms with van der Waals surface area (Å²) in [5, 5.41) is 12.1. The SMILES string of the molecule is CC(=O)OC[C@@H](CO)C[C@@H](C)CO[Si](c1ccccc1)(c1ccccc1)C(C)(C)C. The van der Waals surface area contributed by atoms with Crippen LogP contribution in [0.15, 0.2) is 60.7 Å². The quantitative estimate of drug-likeness (QED) is 0.462. The summed E-state index contributed by atoms with van der Waals surface area (Å²) < 4.78 is 12.1. The molecule has 0 aliphatic carbocycles. The summed E-state index contributed by atoms with van der Waals surface area (Å²) in [5.41, 5.74) is 0. The molecule has 1 N–H and O–H groups in total. The number of carbonyl (C=O) groups excluding carboxylic acids is 1. The van der Waals surface area contributed by atoms with E-state index in [-0.39, 0.29) is 36.1 Å². The van der Waals surface area contributed by atoms with Crippen molar-refractivity contribution in [3.05, 3.63) is 60.7 Å². The lowest BCUT2D eigenvalue weighted by Crippen LogP contribution is -2.66. The number of carbonyl (C=O) groups is 1. The number of benzene rings is 2. The number of rotatable bonds is 10. The zero-order valence-electron chi connectivity index (χ0n) is 18.9. The predicted octanol–water partition coefficient (Wildman–Crippen LogP) is 3.76. The van der Waals surface area contributed by atoms with Crippen molar-refractivity contribution in [3.63, 3.8) is 0 Å². The number of esters is 1. The second-order valence-electron chi connectivity index (χ2n) is 9.17. The maximum atomic E-state index is 11.1. The highest BCUT2D eigenvalue weighted by Gasteiger charge is 2.50. The summed E-state index contributed by atoms with van der Waals surface area (Å²) in [4.78, 5) is 11.1. The van der Waals surface area contributed by atoms with Gasteiger partial charge in [0.15, 0.2) is 0 Å². The minimum Gasteiger partial charge on any atom is -0.465 e. The highest BCUT2D eigenvalue weighted by molar-refractivity contribution is 6.99. The fourth-order valence-electron chi connectivity index (χ4n) is 4.10. The normalized spacial score (nSPS) is 14.2. The topological polar surface area (TPSA) is 55.8 Å². The monoisotopic (exact) mass is 428 g/mol. The van der Waals surface area contributed by atoms with E-state index in [1.54, 1.807) is 0 Å². The Bertz CT molecular complexity index is 731. The number of aliphatic hydroxyl groups excluding tert-OH is 1. The molecule has 0 unspecified atom stereocenters. The van der Waals surface area contributed by atoms with Crippen LogP contribution in [0.4, 0.5) is 0 Å². The van der Waals surface area contributed by atoms with Crippen molar-refractivity contribution in [2.75, 3.05) is 19.8 Å². The minimum absolute atomic E-state index is 0.00314. The van der Waals surface area contributed by atoms with Crippen LogP contribution in [0.1, 0.15) is 41.0 Å². The average Bonchev–Trinajstić information content (AvgIpc) is 2.72. The smallest absolute Gasteiger partial charge is 0.302 e. The van der Waals surface area contributed by atoms with E-state index in [4.69, 9.17) is 9.16 Å². The lowest BCUT2D eigenvalue weighted by atomic mass is 9.98. The third kappa shape index (κ3) is 6.03. The van der Waals surface area contributed by atoms with E-state index in [9.17, 15) is 9.90 Å². The van der Waals surface area contributed by atoms with Crippen LogP contribution in [0.2, 0.25) is 5.04 Å². The number of hydrogen-bond donors (Lipinski definition) is 1. The molecule has 0 radical (unpaired) electrons. The summed E-state index contributed by atoms with van der Waals surface area (Å²) in [6, 6.07) is 21.2. The maximum absolute atomic E-state index is 11.1. The Hall–Kier alpha value is -1.95. The highest BCUT2D eigenvalue weighted by Crippen LogP contribution is 2.37. The fraction of sp³-hybridized carbons (Fsp3) is 0.480. The molecule has 4 nitrogen and oxygen atoms in total. The molecule has 0 bridgehead atoms. The summed E-state index contributed by atoms with van der Waals surface area (Å²) in [5.74, 6) is -0.171. The van der Waals surface area contributed by atoms with Crippen molar-refractivity contribution >= 4 is 24.7 Å². The van der Waals surface area contributed by atoms with Gasteiger partial charge < -0.3 is 14.3 Å². The Labute approximate surface area is 182 Å². The third-order valence-electron chi connectivity index (χ3n) is 5.52. The molecule has 5 heteroatoms. The Morgan fingerprint density at radius 2 is 1.47 bits per heavy atom. The van der Waals surface area contributed by atoms with Crippen molar-refractivity contribution in [3.8, 4) is 0 Å². The first-order valence-electron chi connectivity index (χ1n) is 10.7. The predicted molar refractivity (Wildman–Crippen MR) is 125 cm³/mol. The second kappa shape index (κ2) is 10.9.